The van der Waals surface area contributed by atoms with Gasteiger partial charge in [-0.05, 0) is 61.2 Å². The quantitative estimate of drug-likeness (QED) is 0.629. The molecule has 2 aliphatic rings. The Morgan fingerprint density at radius 1 is 1.09 bits per heavy atom. The lowest BCUT2D eigenvalue weighted by molar-refractivity contribution is -0.124. The fourth-order valence-electron chi connectivity index (χ4n) is 5.20. The Morgan fingerprint density at radius 2 is 1.76 bits per heavy atom. The summed E-state index contributed by atoms with van der Waals surface area (Å²) in [4.78, 5) is 27.2. The van der Waals surface area contributed by atoms with Crippen molar-refractivity contribution in [2.45, 2.75) is 38.0 Å². The van der Waals surface area contributed by atoms with Crippen molar-refractivity contribution >= 4 is 17.5 Å². The minimum atomic E-state index is -0.260. The number of rotatable bonds is 6. The number of fused-ring (bicyclic) bond motifs is 1. The van der Waals surface area contributed by atoms with Gasteiger partial charge in [0, 0.05) is 29.1 Å². The summed E-state index contributed by atoms with van der Waals surface area (Å²) in [6, 6.07) is 15.6. The molecule has 7 nitrogen and oxygen atoms in total. The predicted molar refractivity (Wildman–Crippen MR) is 126 cm³/mol. The van der Waals surface area contributed by atoms with Crippen LogP contribution in [0.5, 0.6) is 5.75 Å². The van der Waals surface area contributed by atoms with Crippen molar-refractivity contribution in [1.29, 1.82) is 0 Å². The highest BCUT2D eigenvalue weighted by molar-refractivity contribution is 6.07. The monoisotopic (exact) mass is 444 g/mol. The molecular weight excluding hydrogens is 416 g/mol. The first kappa shape index (κ1) is 21.2. The van der Waals surface area contributed by atoms with Crippen LogP contribution in [0.2, 0.25) is 0 Å². The molecule has 170 valence electrons. The van der Waals surface area contributed by atoms with Crippen LogP contribution in [0.1, 0.15) is 47.8 Å². The van der Waals surface area contributed by atoms with Crippen LogP contribution >= 0.6 is 0 Å². The van der Waals surface area contributed by atoms with Crippen molar-refractivity contribution < 1.29 is 14.3 Å². The molecule has 0 bridgehead atoms. The van der Waals surface area contributed by atoms with E-state index in [0.29, 0.717) is 12.2 Å². The van der Waals surface area contributed by atoms with Crippen molar-refractivity contribution in [2.24, 2.45) is 11.7 Å². The van der Waals surface area contributed by atoms with Gasteiger partial charge in [-0.1, -0.05) is 25.5 Å². The topological polar surface area (TPSA) is 90.5 Å². The van der Waals surface area contributed by atoms with Crippen LogP contribution in [0.3, 0.4) is 0 Å². The van der Waals surface area contributed by atoms with E-state index in [0.717, 1.165) is 53.9 Å². The Kier molecular flexibility index (Phi) is 5.19. The summed E-state index contributed by atoms with van der Waals surface area (Å²) in [5.41, 5.74) is 9.78. The molecule has 2 amide bonds. The molecule has 0 spiro atoms. The van der Waals surface area contributed by atoms with E-state index in [1.165, 1.54) is 0 Å². The molecule has 0 saturated heterocycles. The summed E-state index contributed by atoms with van der Waals surface area (Å²) >= 11 is 0. The lowest BCUT2D eigenvalue weighted by atomic mass is 9.58. The number of aromatic nitrogens is 2. The Balaban J connectivity index is 1.43. The zero-order chi connectivity index (χ0) is 23.2. The van der Waals surface area contributed by atoms with Gasteiger partial charge < -0.3 is 15.4 Å². The van der Waals surface area contributed by atoms with Crippen LogP contribution in [0.25, 0.3) is 5.69 Å². The molecular formula is C26H28N4O3. The Morgan fingerprint density at radius 3 is 2.33 bits per heavy atom. The maximum Gasteiger partial charge on any atom is 0.277 e. The standard InChI is InChI=1S/C26H28N4O3/c1-17(24(27)31)26(13-3-14-26)19-4-6-20(7-5-19)29-15-12-18-16-28-30(23(18)25(29)32)21-8-10-22(33-2)11-9-21/h4-11,16-17H,3,12-15H2,1-2H3,(H2,27,31). The Hall–Kier alpha value is -3.61. The average molecular weight is 445 g/mol. The fourth-order valence-corrected chi connectivity index (χ4v) is 5.20. The number of nitrogens with two attached hydrogens (primary N) is 1. The van der Waals surface area contributed by atoms with E-state index in [1.807, 2.05) is 43.3 Å². The van der Waals surface area contributed by atoms with Crippen molar-refractivity contribution in [3.63, 3.8) is 0 Å². The molecule has 1 aliphatic carbocycles. The summed E-state index contributed by atoms with van der Waals surface area (Å²) in [5, 5.41) is 4.49. The third-order valence-corrected chi connectivity index (χ3v) is 7.47. The highest BCUT2D eigenvalue weighted by Gasteiger charge is 2.45. The number of benzene rings is 2. The van der Waals surface area contributed by atoms with Gasteiger partial charge in [0.25, 0.3) is 5.91 Å². The average Bonchev–Trinajstić information content (AvgIpc) is 3.24. The van der Waals surface area contributed by atoms with E-state index in [9.17, 15) is 9.59 Å². The van der Waals surface area contributed by atoms with E-state index in [1.54, 1.807) is 22.9 Å². The molecule has 2 aromatic carbocycles. The van der Waals surface area contributed by atoms with Crippen LogP contribution in [-0.2, 0) is 16.6 Å². The summed E-state index contributed by atoms with van der Waals surface area (Å²) in [6.07, 6.45) is 5.54. The number of primary amides is 1. The maximum absolute atomic E-state index is 13.5. The second-order valence-corrected chi connectivity index (χ2v) is 9.02. The molecule has 1 atom stereocenters. The third kappa shape index (κ3) is 3.39. The van der Waals surface area contributed by atoms with E-state index in [-0.39, 0.29) is 23.1 Å². The smallest absolute Gasteiger partial charge is 0.277 e. The van der Waals surface area contributed by atoms with Crippen molar-refractivity contribution in [1.82, 2.24) is 9.78 Å². The lowest BCUT2D eigenvalue weighted by Crippen LogP contribution is -2.46. The van der Waals surface area contributed by atoms with Crippen LogP contribution in [0.15, 0.2) is 54.7 Å². The van der Waals surface area contributed by atoms with Gasteiger partial charge in [0.2, 0.25) is 5.91 Å². The second-order valence-electron chi connectivity index (χ2n) is 9.02. The fraction of sp³-hybridized carbons (Fsp3) is 0.346. The second kappa shape index (κ2) is 8.06. The van der Waals surface area contributed by atoms with Crippen LogP contribution in [0, 0.1) is 5.92 Å². The minimum Gasteiger partial charge on any atom is -0.497 e. The Labute approximate surface area is 193 Å². The largest absolute Gasteiger partial charge is 0.497 e. The van der Waals surface area contributed by atoms with Crippen LogP contribution in [-0.4, -0.2) is 35.2 Å². The zero-order valence-electron chi connectivity index (χ0n) is 19.0. The molecule has 1 saturated carbocycles. The predicted octanol–water partition coefficient (Wildman–Crippen LogP) is 3.63. The Bertz CT molecular complexity index is 1190. The molecule has 33 heavy (non-hydrogen) atoms. The molecule has 7 heteroatoms. The van der Waals surface area contributed by atoms with E-state index in [4.69, 9.17) is 10.5 Å². The molecule has 1 aromatic heterocycles. The molecule has 2 heterocycles. The summed E-state index contributed by atoms with van der Waals surface area (Å²) in [5.74, 6) is 0.211. The molecule has 0 radical (unpaired) electrons. The first-order valence-electron chi connectivity index (χ1n) is 11.4. The number of hydrogen-bond acceptors (Lipinski definition) is 4. The summed E-state index contributed by atoms with van der Waals surface area (Å²) in [6.45, 7) is 2.52. The first-order chi connectivity index (χ1) is 15.9. The van der Waals surface area contributed by atoms with Gasteiger partial charge >= 0.3 is 0 Å². The number of carbonyl (C=O) groups excluding carboxylic acids is 2. The number of amides is 2. The summed E-state index contributed by atoms with van der Waals surface area (Å²) in [7, 11) is 1.62. The highest BCUT2D eigenvalue weighted by Crippen LogP contribution is 2.49. The van der Waals surface area contributed by atoms with Crippen LogP contribution < -0.4 is 15.4 Å². The maximum atomic E-state index is 13.5. The number of nitrogens with zero attached hydrogens (tertiary/aromatic N) is 3. The number of carbonyl (C=O) groups is 2. The van der Waals surface area contributed by atoms with E-state index >= 15 is 0 Å². The van der Waals surface area contributed by atoms with E-state index in [2.05, 4.69) is 17.2 Å². The number of ether oxygens (including phenoxy) is 1. The van der Waals surface area contributed by atoms with Gasteiger partial charge in [-0.25, -0.2) is 4.68 Å². The van der Waals surface area contributed by atoms with Crippen LogP contribution in [0.4, 0.5) is 5.69 Å². The van der Waals surface area contributed by atoms with Crippen molar-refractivity contribution in [2.75, 3.05) is 18.6 Å². The number of methoxy groups -OCH3 is 1. The molecule has 1 unspecified atom stereocenters. The number of anilines is 1. The normalized spacial score (nSPS) is 17.8. The number of hydrogen-bond donors (Lipinski definition) is 1. The molecule has 3 aromatic rings. The van der Waals surface area contributed by atoms with Gasteiger partial charge in [0.05, 0.1) is 19.0 Å². The van der Waals surface area contributed by atoms with Gasteiger partial charge in [-0.15, -0.1) is 0 Å². The molecule has 1 aliphatic heterocycles. The summed E-state index contributed by atoms with van der Waals surface area (Å²) < 4.78 is 6.94. The molecule has 2 N–H and O–H groups in total. The zero-order valence-corrected chi connectivity index (χ0v) is 19.0. The van der Waals surface area contributed by atoms with Gasteiger partial charge in [-0.3, -0.25) is 9.59 Å². The van der Waals surface area contributed by atoms with E-state index < -0.39 is 0 Å². The molecule has 1 fully saturated rings. The minimum absolute atomic E-state index is 0.0684. The first-order valence-corrected chi connectivity index (χ1v) is 11.4. The third-order valence-electron chi connectivity index (χ3n) is 7.47. The molecule has 5 rings (SSSR count). The van der Waals surface area contributed by atoms with Gasteiger partial charge in [-0.2, -0.15) is 5.10 Å². The van der Waals surface area contributed by atoms with Crippen molar-refractivity contribution in [3.05, 3.63) is 71.5 Å². The highest BCUT2D eigenvalue weighted by atomic mass is 16.5. The lowest BCUT2D eigenvalue weighted by Gasteiger charge is -2.46. The van der Waals surface area contributed by atoms with Crippen molar-refractivity contribution in [3.8, 4) is 11.4 Å². The van der Waals surface area contributed by atoms with Gasteiger partial charge in [0.1, 0.15) is 11.4 Å². The van der Waals surface area contributed by atoms with Gasteiger partial charge in [0.15, 0.2) is 0 Å². The SMILES string of the molecule is COc1ccc(-n2ncc3c2C(=O)N(c2ccc(C4(C(C)C(N)=O)CCC4)cc2)CC3)cc1.